The van der Waals surface area contributed by atoms with E-state index >= 15 is 0 Å². The largest absolute Gasteiger partial charge is 0.478 e. The number of halogens is 1. The van der Waals surface area contributed by atoms with Crippen molar-refractivity contribution in [2.24, 2.45) is 0 Å². The zero-order valence-corrected chi connectivity index (χ0v) is 13.4. The van der Waals surface area contributed by atoms with Gasteiger partial charge in [0.25, 0.3) is 0 Å². The van der Waals surface area contributed by atoms with E-state index in [9.17, 15) is 14.3 Å². The Balaban J connectivity index is 1.80. The first-order chi connectivity index (χ1) is 12.6. The standard InChI is InChI=1S/C18H13FN4O3/c19-11-3-4-16-14(8-11)17(22-23(16)10-12-2-1-7-26-12)21-15-9-20-6-5-13(15)18(24)25/h1-9H,10H2,(H,21,22)(H,24,25). The number of hydrogen-bond donors (Lipinski definition) is 2. The lowest BCUT2D eigenvalue weighted by Crippen LogP contribution is -2.05. The van der Waals surface area contributed by atoms with Gasteiger partial charge in [0, 0.05) is 11.6 Å². The van der Waals surface area contributed by atoms with Crippen LogP contribution < -0.4 is 5.32 Å². The molecule has 0 radical (unpaired) electrons. The van der Waals surface area contributed by atoms with Crippen molar-refractivity contribution in [3.05, 3.63) is 72.2 Å². The number of rotatable bonds is 5. The Morgan fingerprint density at radius 3 is 2.96 bits per heavy atom. The van der Waals surface area contributed by atoms with Crippen molar-refractivity contribution in [3.8, 4) is 0 Å². The number of carboxylic acids is 1. The molecule has 0 bridgehead atoms. The predicted octanol–water partition coefficient (Wildman–Crippen LogP) is 3.65. The number of aromatic nitrogens is 3. The summed E-state index contributed by atoms with van der Waals surface area (Å²) in [5.74, 6) is -0.484. The van der Waals surface area contributed by atoms with E-state index in [1.165, 1.54) is 30.6 Å². The maximum atomic E-state index is 13.8. The van der Waals surface area contributed by atoms with Crippen LogP contribution in [0.4, 0.5) is 15.9 Å². The predicted molar refractivity (Wildman–Crippen MR) is 92.0 cm³/mol. The van der Waals surface area contributed by atoms with E-state index in [-0.39, 0.29) is 11.3 Å². The van der Waals surface area contributed by atoms with Gasteiger partial charge in [-0.15, -0.1) is 0 Å². The molecule has 7 nitrogen and oxygen atoms in total. The van der Waals surface area contributed by atoms with Crippen molar-refractivity contribution in [2.45, 2.75) is 6.54 Å². The first-order valence-electron chi connectivity index (χ1n) is 7.74. The van der Waals surface area contributed by atoms with Crippen molar-refractivity contribution < 1.29 is 18.7 Å². The van der Waals surface area contributed by atoms with Gasteiger partial charge in [0.15, 0.2) is 5.82 Å². The molecule has 26 heavy (non-hydrogen) atoms. The SMILES string of the molecule is O=C(O)c1ccncc1Nc1nn(Cc2ccco2)c2ccc(F)cc12. The Bertz CT molecular complexity index is 1090. The van der Waals surface area contributed by atoms with Crippen LogP contribution >= 0.6 is 0 Å². The molecule has 3 heterocycles. The van der Waals surface area contributed by atoms with E-state index in [0.29, 0.717) is 29.0 Å². The summed E-state index contributed by atoms with van der Waals surface area (Å²) in [4.78, 5) is 15.3. The summed E-state index contributed by atoms with van der Waals surface area (Å²) in [5.41, 5.74) is 1.00. The number of carboxylic acid groups (broad SMARTS) is 1. The molecule has 130 valence electrons. The van der Waals surface area contributed by atoms with Crippen LogP contribution in [0.1, 0.15) is 16.1 Å². The average Bonchev–Trinajstić information content (AvgIpc) is 3.24. The molecule has 0 aliphatic rings. The van der Waals surface area contributed by atoms with Gasteiger partial charge in [-0.25, -0.2) is 9.18 Å². The minimum Gasteiger partial charge on any atom is -0.478 e. The number of pyridine rings is 1. The molecule has 0 saturated heterocycles. The number of anilines is 2. The maximum absolute atomic E-state index is 13.8. The van der Waals surface area contributed by atoms with Crippen LogP contribution in [0.3, 0.4) is 0 Å². The van der Waals surface area contributed by atoms with E-state index in [2.05, 4.69) is 15.4 Å². The molecule has 4 aromatic rings. The molecule has 2 N–H and O–H groups in total. The van der Waals surface area contributed by atoms with Gasteiger partial charge >= 0.3 is 5.97 Å². The topological polar surface area (TPSA) is 93.2 Å². The van der Waals surface area contributed by atoms with E-state index in [1.54, 1.807) is 23.1 Å². The number of nitrogens with one attached hydrogen (secondary N) is 1. The molecule has 0 spiro atoms. The number of carbonyl (C=O) groups is 1. The van der Waals surface area contributed by atoms with E-state index in [1.807, 2.05) is 6.07 Å². The molecular formula is C18H13FN4O3. The number of nitrogens with zero attached hydrogens (tertiary/aromatic N) is 3. The normalized spacial score (nSPS) is 11.0. The average molecular weight is 352 g/mol. The summed E-state index contributed by atoms with van der Waals surface area (Å²) in [6, 6.07) is 9.28. The monoisotopic (exact) mass is 352 g/mol. The molecule has 0 aliphatic heterocycles. The summed E-state index contributed by atoms with van der Waals surface area (Å²) in [6.07, 6.45) is 4.34. The van der Waals surface area contributed by atoms with Gasteiger partial charge in [-0.1, -0.05) is 0 Å². The Morgan fingerprint density at radius 1 is 1.31 bits per heavy atom. The van der Waals surface area contributed by atoms with Gasteiger partial charge in [-0.2, -0.15) is 5.10 Å². The van der Waals surface area contributed by atoms with Crippen LogP contribution in [0.5, 0.6) is 0 Å². The first kappa shape index (κ1) is 15.8. The second kappa shape index (κ2) is 6.32. The Hall–Kier alpha value is -3.68. The van der Waals surface area contributed by atoms with Crippen molar-refractivity contribution in [1.29, 1.82) is 0 Å². The fourth-order valence-electron chi connectivity index (χ4n) is 2.72. The van der Waals surface area contributed by atoms with Crippen molar-refractivity contribution in [3.63, 3.8) is 0 Å². The molecule has 4 rings (SSSR count). The number of aromatic carboxylic acids is 1. The first-order valence-corrected chi connectivity index (χ1v) is 7.74. The Labute approximate surface area is 146 Å². The highest BCUT2D eigenvalue weighted by atomic mass is 19.1. The third kappa shape index (κ3) is 2.88. The third-order valence-electron chi connectivity index (χ3n) is 3.90. The number of benzene rings is 1. The number of hydrogen-bond acceptors (Lipinski definition) is 5. The lowest BCUT2D eigenvalue weighted by Gasteiger charge is -2.06. The molecule has 0 fully saturated rings. The molecule has 0 atom stereocenters. The molecule has 8 heteroatoms. The third-order valence-corrected chi connectivity index (χ3v) is 3.90. The summed E-state index contributed by atoms with van der Waals surface area (Å²) in [6.45, 7) is 0.357. The van der Waals surface area contributed by atoms with Gasteiger partial charge in [0.05, 0.1) is 35.8 Å². The van der Waals surface area contributed by atoms with Crippen LogP contribution in [-0.4, -0.2) is 25.8 Å². The summed E-state index contributed by atoms with van der Waals surface area (Å²) in [7, 11) is 0. The lowest BCUT2D eigenvalue weighted by molar-refractivity contribution is 0.0698. The highest BCUT2D eigenvalue weighted by Crippen LogP contribution is 2.28. The molecule has 0 aliphatic carbocycles. The molecule has 0 saturated carbocycles. The van der Waals surface area contributed by atoms with Gasteiger partial charge in [0.1, 0.15) is 11.6 Å². The molecule has 0 amide bonds. The van der Waals surface area contributed by atoms with E-state index in [4.69, 9.17) is 4.42 Å². The van der Waals surface area contributed by atoms with E-state index < -0.39 is 11.8 Å². The lowest BCUT2D eigenvalue weighted by atomic mass is 10.2. The Morgan fingerprint density at radius 2 is 2.19 bits per heavy atom. The second-order valence-electron chi connectivity index (χ2n) is 5.60. The summed E-state index contributed by atoms with van der Waals surface area (Å²) in [5, 5.41) is 17.2. The number of fused-ring (bicyclic) bond motifs is 1. The van der Waals surface area contributed by atoms with Crippen LogP contribution in [0.25, 0.3) is 10.9 Å². The molecule has 0 unspecified atom stereocenters. The fourth-order valence-corrected chi connectivity index (χ4v) is 2.72. The maximum Gasteiger partial charge on any atom is 0.337 e. The van der Waals surface area contributed by atoms with E-state index in [0.717, 1.165) is 0 Å². The van der Waals surface area contributed by atoms with Crippen LogP contribution in [-0.2, 0) is 6.54 Å². The van der Waals surface area contributed by atoms with Crippen LogP contribution in [0, 0.1) is 5.82 Å². The van der Waals surface area contributed by atoms with Gasteiger partial charge in [-0.3, -0.25) is 9.67 Å². The summed E-state index contributed by atoms with van der Waals surface area (Å²) < 4.78 is 20.8. The minimum absolute atomic E-state index is 0.0464. The van der Waals surface area contributed by atoms with Crippen molar-refractivity contribution in [2.75, 3.05) is 5.32 Å². The van der Waals surface area contributed by atoms with Crippen LogP contribution in [0.15, 0.2) is 59.5 Å². The number of furan rings is 1. The fraction of sp³-hybridized carbons (Fsp3) is 0.0556. The highest BCUT2D eigenvalue weighted by molar-refractivity contribution is 5.97. The highest BCUT2D eigenvalue weighted by Gasteiger charge is 2.16. The molecule has 1 aromatic carbocycles. The Kier molecular flexibility index (Phi) is 3.85. The second-order valence-corrected chi connectivity index (χ2v) is 5.60. The zero-order chi connectivity index (χ0) is 18.1. The van der Waals surface area contributed by atoms with Gasteiger partial charge in [-0.05, 0) is 36.4 Å². The molecular weight excluding hydrogens is 339 g/mol. The smallest absolute Gasteiger partial charge is 0.337 e. The quantitative estimate of drug-likeness (QED) is 0.569. The van der Waals surface area contributed by atoms with Crippen molar-refractivity contribution >= 4 is 28.4 Å². The van der Waals surface area contributed by atoms with Crippen molar-refractivity contribution in [1.82, 2.24) is 14.8 Å². The van der Waals surface area contributed by atoms with Crippen LogP contribution in [0.2, 0.25) is 0 Å². The molecule has 3 aromatic heterocycles. The zero-order valence-electron chi connectivity index (χ0n) is 13.4. The minimum atomic E-state index is -1.10. The van der Waals surface area contributed by atoms with Gasteiger partial charge < -0.3 is 14.8 Å². The van der Waals surface area contributed by atoms with Gasteiger partial charge in [0.2, 0.25) is 0 Å². The summed E-state index contributed by atoms with van der Waals surface area (Å²) >= 11 is 0.